The van der Waals surface area contributed by atoms with Gasteiger partial charge in [0.1, 0.15) is 5.76 Å². The van der Waals surface area contributed by atoms with Crippen LogP contribution in [0.5, 0.6) is 0 Å². The lowest BCUT2D eigenvalue weighted by Gasteiger charge is -2.04. The van der Waals surface area contributed by atoms with E-state index in [2.05, 4.69) is 20.3 Å². The molecule has 0 amide bonds. The number of benzene rings is 1. The summed E-state index contributed by atoms with van der Waals surface area (Å²) in [5.74, 6) is 0.388. The first kappa shape index (κ1) is 12.3. The molecule has 0 unspecified atom stereocenters. The van der Waals surface area contributed by atoms with Gasteiger partial charge in [0.05, 0.1) is 25.4 Å². The van der Waals surface area contributed by atoms with E-state index >= 15 is 0 Å². The maximum Gasteiger partial charge on any atom is 0.373 e. The molecule has 3 aromatic rings. The highest BCUT2D eigenvalue weighted by Gasteiger charge is 2.10. The molecule has 6 heteroatoms. The number of carbonyl (C=O) groups excluding carboxylic acids is 1. The van der Waals surface area contributed by atoms with Gasteiger partial charge < -0.3 is 14.5 Å². The lowest BCUT2D eigenvalue weighted by atomic mass is 10.2. The number of nitrogens with zero attached hydrogens (tertiary/aromatic N) is 1. The van der Waals surface area contributed by atoms with Crippen molar-refractivity contribution in [3.8, 4) is 0 Å². The Hall–Kier alpha value is -2.76. The number of anilines is 1. The van der Waals surface area contributed by atoms with Gasteiger partial charge in [0.15, 0.2) is 0 Å². The van der Waals surface area contributed by atoms with Crippen LogP contribution in [0.25, 0.3) is 10.9 Å². The predicted molar refractivity (Wildman–Crippen MR) is 73.5 cm³/mol. The molecule has 0 aliphatic heterocycles. The monoisotopic (exact) mass is 271 g/mol. The first-order valence-electron chi connectivity index (χ1n) is 6.10. The highest BCUT2D eigenvalue weighted by atomic mass is 16.5. The number of aromatic amines is 1. The van der Waals surface area contributed by atoms with E-state index in [1.807, 2.05) is 18.2 Å². The largest absolute Gasteiger partial charge is 0.463 e. The van der Waals surface area contributed by atoms with Gasteiger partial charge in [0.2, 0.25) is 5.76 Å². The summed E-state index contributed by atoms with van der Waals surface area (Å²) in [6, 6.07) is 9.24. The zero-order chi connectivity index (χ0) is 13.9. The Kier molecular flexibility index (Phi) is 3.12. The van der Waals surface area contributed by atoms with E-state index < -0.39 is 5.97 Å². The molecule has 0 spiro atoms. The molecule has 2 aromatic heterocycles. The summed E-state index contributed by atoms with van der Waals surface area (Å²) in [4.78, 5) is 11.3. The fourth-order valence-electron chi connectivity index (χ4n) is 1.92. The number of ether oxygens (including phenoxy) is 1. The van der Waals surface area contributed by atoms with Crippen molar-refractivity contribution in [3.05, 3.63) is 48.0 Å². The average Bonchev–Trinajstić information content (AvgIpc) is 3.12. The maximum atomic E-state index is 11.3. The number of rotatable bonds is 4. The van der Waals surface area contributed by atoms with Gasteiger partial charge in [0, 0.05) is 11.1 Å². The Bertz CT molecular complexity index is 745. The van der Waals surface area contributed by atoms with Crippen molar-refractivity contribution >= 4 is 22.6 Å². The molecule has 6 nitrogen and oxygen atoms in total. The number of carbonyl (C=O) groups is 1. The highest BCUT2D eigenvalue weighted by molar-refractivity contribution is 5.86. The third kappa shape index (κ3) is 2.35. The van der Waals surface area contributed by atoms with Gasteiger partial charge in [-0.05, 0) is 30.3 Å². The first-order valence-corrected chi connectivity index (χ1v) is 6.10. The fraction of sp³-hybridized carbons (Fsp3) is 0.143. The molecule has 2 N–H and O–H groups in total. The zero-order valence-corrected chi connectivity index (χ0v) is 10.8. The Morgan fingerprint density at radius 1 is 1.40 bits per heavy atom. The normalized spacial score (nSPS) is 10.7. The second-order valence-electron chi connectivity index (χ2n) is 4.28. The molecule has 0 radical (unpaired) electrons. The van der Waals surface area contributed by atoms with Crippen molar-refractivity contribution < 1.29 is 13.9 Å². The zero-order valence-electron chi connectivity index (χ0n) is 10.8. The molecule has 20 heavy (non-hydrogen) atoms. The molecule has 3 rings (SSSR count). The molecule has 102 valence electrons. The molecule has 0 bridgehead atoms. The second-order valence-corrected chi connectivity index (χ2v) is 4.28. The number of hydrogen-bond donors (Lipinski definition) is 2. The van der Waals surface area contributed by atoms with Crippen LogP contribution >= 0.6 is 0 Å². The van der Waals surface area contributed by atoms with Crippen LogP contribution in [0.1, 0.15) is 16.3 Å². The summed E-state index contributed by atoms with van der Waals surface area (Å²) in [5, 5.41) is 11.2. The number of nitrogens with one attached hydrogen (secondary N) is 2. The van der Waals surface area contributed by atoms with E-state index in [4.69, 9.17) is 4.42 Å². The number of esters is 1. The summed E-state index contributed by atoms with van der Waals surface area (Å²) in [6.07, 6.45) is 1.77. The van der Waals surface area contributed by atoms with Crippen LogP contribution in [-0.4, -0.2) is 23.3 Å². The fourth-order valence-corrected chi connectivity index (χ4v) is 1.92. The third-order valence-corrected chi connectivity index (χ3v) is 2.96. The van der Waals surface area contributed by atoms with Crippen LogP contribution in [-0.2, 0) is 11.3 Å². The van der Waals surface area contributed by atoms with E-state index in [-0.39, 0.29) is 5.76 Å². The Morgan fingerprint density at radius 2 is 2.30 bits per heavy atom. The second kappa shape index (κ2) is 5.08. The minimum Gasteiger partial charge on any atom is -0.463 e. The third-order valence-electron chi connectivity index (χ3n) is 2.96. The van der Waals surface area contributed by atoms with E-state index in [0.717, 1.165) is 16.6 Å². The smallest absolute Gasteiger partial charge is 0.373 e. The molecular formula is C14H13N3O3. The topological polar surface area (TPSA) is 80.1 Å². The molecule has 0 saturated carbocycles. The maximum absolute atomic E-state index is 11.3. The van der Waals surface area contributed by atoms with E-state index in [1.54, 1.807) is 18.3 Å². The van der Waals surface area contributed by atoms with Gasteiger partial charge in [0.25, 0.3) is 0 Å². The molecule has 0 aliphatic carbocycles. The van der Waals surface area contributed by atoms with Crippen LogP contribution in [0, 0.1) is 0 Å². The van der Waals surface area contributed by atoms with Crippen molar-refractivity contribution in [2.24, 2.45) is 0 Å². The van der Waals surface area contributed by atoms with E-state index in [0.29, 0.717) is 12.3 Å². The SMILES string of the molecule is COC(=O)c1ccc(CNc2ccc3cn[nH]c3c2)o1. The van der Waals surface area contributed by atoms with Gasteiger partial charge in [-0.15, -0.1) is 0 Å². The van der Waals surface area contributed by atoms with Crippen LogP contribution in [0.3, 0.4) is 0 Å². The van der Waals surface area contributed by atoms with Crippen molar-refractivity contribution in [2.45, 2.75) is 6.54 Å². The van der Waals surface area contributed by atoms with Gasteiger partial charge in [-0.2, -0.15) is 5.10 Å². The van der Waals surface area contributed by atoms with E-state index in [9.17, 15) is 4.79 Å². The van der Waals surface area contributed by atoms with Gasteiger partial charge in [-0.3, -0.25) is 5.10 Å². The number of furan rings is 1. The number of methoxy groups -OCH3 is 1. The summed E-state index contributed by atoms with van der Waals surface area (Å²) >= 11 is 0. The van der Waals surface area contributed by atoms with E-state index in [1.165, 1.54) is 7.11 Å². The quantitative estimate of drug-likeness (QED) is 0.713. The molecule has 0 atom stereocenters. The molecule has 0 fully saturated rings. The Morgan fingerprint density at radius 3 is 3.15 bits per heavy atom. The van der Waals surface area contributed by atoms with Crippen molar-refractivity contribution in [3.63, 3.8) is 0 Å². The van der Waals surface area contributed by atoms with Gasteiger partial charge in [-0.25, -0.2) is 4.79 Å². The number of aromatic nitrogens is 2. The summed E-state index contributed by atoms with van der Waals surface area (Å²) in [5.41, 5.74) is 1.91. The lowest BCUT2D eigenvalue weighted by molar-refractivity contribution is 0.0563. The van der Waals surface area contributed by atoms with Gasteiger partial charge >= 0.3 is 5.97 Å². The average molecular weight is 271 g/mol. The summed E-state index contributed by atoms with van der Waals surface area (Å²) in [6.45, 7) is 0.483. The van der Waals surface area contributed by atoms with Crippen LogP contribution in [0.4, 0.5) is 5.69 Å². The Labute approximate surface area is 114 Å². The van der Waals surface area contributed by atoms with Crippen LogP contribution < -0.4 is 5.32 Å². The highest BCUT2D eigenvalue weighted by Crippen LogP contribution is 2.18. The number of fused-ring (bicyclic) bond motifs is 1. The minimum atomic E-state index is -0.477. The van der Waals surface area contributed by atoms with Crippen molar-refractivity contribution in [2.75, 3.05) is 12.4 Å². The van der Waals surface area contributed by atoms with Crippen molar-refractivity contribution in [1.82, 2.24) is 10.2 Å². The molecule has 1 aromatic carbocycles. The standard InChI is InChI=1S/C14H13N3O3/c1-19-14(18)13-5-4-11(20-13)8-15-10-3-2-9-7-16-17-12(9)6-10/h2-7,15H,8H2,1H3,(H,16,17). The summed E-state index contributed by atoms with van der Waals surface area (Å²) < 4.78 is 9.96. The van der Waals surface area contributed by atoms with Crippen LogP contribution in [0.15, 0.2) is 40.9 Å². The Balaban J connectivity index is 1.69. The van der Waals surface area contributed by atoms with Crippen molar-refractivity contribution in [1.29, 1.82) is 0 Å². The summed E-state index contributed by atoms with van der Waals surface area (Å²) in [7, 11) is 1.32. The van der Waals surface area contributed by atoms with Gasteiger partial charge in [-0.1, -0.05) is 0 Å². The lowest BCUT2D eigenvalue weighted by Crippen LogP contribution is -2.00. The number of hydrogen-bond acceptors (Lipinski definition) is 5. The van der Waals surface area contributed by atoms with Crippen LogP contribution in [0.2, 0.25) is 0 Å². The molecular weight excluding hydrogens is 258 g/mol. The number of H-pyrrole nitrogens is 1. The minimum absolute atomic E-state index is 0.202. The first-order chi connectivity index (χ1) is 9.76. The predicted octanol–water partition coefficient (Wildman–Crippen LogP) is 2.55. The molecule has 0 saturated heterocycles. The molecule has 2 heterocycles. The molecule has 0 aliphatic rings.